The van der Waals surface area contributed by atoms with Gasteiger partial charge in [0.25, 0.3) is 0 Å². The molecule has 3 nitrogen and oxygen atoms in total. The second kappa shape index (κ2) is 5.60. The summed E-state index contributed by atoms with van der Waals surface area (Å²) in [6.45, 7) is 0. The Morgan fingerprint density at radius 2 is 2.00 bits per heavy atom. The summed E-state index contributed by atoms with van der Waals surface area (Å²) in [7, 11) is 1.69. The van der Waals surface area contributed by atoms with Crippen molar-refractivity contribution >= 4 is 17.3 Å². The van der Waals surface area contributed by atoms with Crippen molar-refractivity contribution in [2.75, 3.05) is 7.11 Å². The molecular formula is C12H15FO3S. The predicted octanol–water partition coefficient (Wildman–Crippen LogP) is 3.00. The van der Waals surface area contributed by atoms with Crippen molar-refractivity contribution < 1.29 is 18.7 Å². The average molecular weight is 258 g/mol. The van der Waals surface area contributed by atoms with Gasteiger partial charge < -0.3 is 9.47 Å². The van der Waals surface area contributed by atoms with Crippen LogP contribution in [0.4, 0.5) is 4.39 Å². The van der Waals surface area contributed by atoms with Gasteiger partial charge in [0, 0.05) is 7.11 Å². The summed E-state index contributed by atoms with van der Waals surface area (Å²) in [6, 6.07) is 1.28. The molecule has 1 aromatic rings. The Morgan fingerprint density at radius 1 is 1.35 bits per heavy atom. The lowest BCUT2D eigenvalue weighted by molar-refractivity contribution is -0.00532. The highest BCUT2D eigenvalue weighted by atomic mass is 32.1. The molecule has 1 aliphatic carbocycles. The van der Waals surface area contributed by atoms with Gasteiger partial charge in [0.05, 0.1) is 6.10 Å². The Bertz CT molecular complexity index is 383. The zero-order chi connectivity index (χ0) is 12.3. The van der Waals surface area contributed by atoms with Gasteiger partial charge in [-0.25, -0.2) is 9.18 Å². The lowest BCUT2D eigenvalue weighted by Crippen LogP contribution is -2.27. The smallest absolute Gasteiger partial charge is 0.351 e. The minimum Gasteiger partial charge on any atom is -0.458 e. The van der Waals surface area contributed by atoms with Crippen LogP contribution >= 0.6 is 11.3 Å². The minimum atomic E-state index is -0.543. The second-order valence-corrected chi connectivity index (χ2v) is 5.05. The fourth-order valence-corrected chi connectivity index (χ4v) is 2.68. The van der Waals surface area contributed by atoms with E-state index in [1.54, 1.807) is 12.5 Å². The fraction of sp³-hybridized carbons (Fsp3) is 0.583. The highest BCUT2D eigenvalue weighted by Gasteiger charge is 2.25. The van der Waals surface area contributed by atoms with Gasteiger partial charge in [-0.1, -0.05) is 0 Å². The van der Waals surface area contributed by atoms with Crippen molar-refractivity contribution in [3.8, 4) is 0 Å². The van der Waals surface area contributed by atoms with Gasteiger partial charge in [-0.3, -0.25) is 0 Å². The van der Waals surface area contributed by atoms with Gasteiger partial charge in [-0.15, -0.1) is 11.3 Å². The molecule has 5 heteroatoms. The predicted molar refractivity (Wildman–Crippen MR) is 62.7 cm³/mol. The van der Waals surface area contributed by atoms with Crippen molar-refractivity contribution in [2.45, 2.75) is 37.9 Å². The summed E-state index contributed by atoms with van der Waals surface area (Å²) in [6.07, 6.45) is 3.52. The Kier molecular flexibility index (Phi) is 4.12. The molecule has 94 valence electrons. The number of hydrogen-bond acceptors (Lipinski definition) is 4. The molecule has 0 atom stereocenters. The van der Waals surface area contributed by atoms with Crippen molar-refractivity contribution in [1.82, 2.24) is 0 Å². The van der Waals surface area contributed by atoms with Crippen LogP contribution in [-0.2, 0) is 9.47 Å². The number of halogens is 1. The first-order valence-corrected chi connectivity index (χ1v) is 6.55. The van der Waals surface area contributed by atoms with Crippen molar-refractivity contribution in [2.24, 2.45) is 0 Å². The van der Waals surface area contributed by atoms with Crippen LogP contribution in [0.1, 0.15) is 35.4 Å². The van der Waals surface area contributed by atoms with Crippen LogP contribution in [0, 0.1) is 5.82 Å². The monoisotopic (exact) mass is 258 g/mol. The van der Waals surface area contributed by atoms with Gasteiger partial charge in [0.1, 0.15) is 16.8 Å². The molecule has 1 saturated carbocycles. The van der Waals surface area contributed by atoms with Crippen LogP contribution in [0.5, 0.6) is 0 Å². The third-order valence-corrected chi connectivity index (χ3v) is 3.90. The molecule has 0 amide bonds. The first kappa shape index (κ1) is 12.5. The molecule has 0 aromatic carbocycles. The van der Waals surface area contributed by atoms with Crippen LogP contribution in [0.25, 0.3) is 0 Å². The van der Waals surface area contributed by atoms with Gasteiger partial charge >= 0.3 is 5.97 Å². The zero-order valence-corrected chi connectivity index (χ0v) is 10.5. The maximum absolute atomic E-state index is 13.2. The number of methoxy groups -OCH3 is 1. The zero-order valence-electron chi connectivity index (χ0n) is 9.65. The largest absolute Gasteiger partial charge is 0.458 e. The van der Waals surface area contributed by atoms with E-state index in [1.807, 2.05) is 0 Å². The third-order valence-electron chi connectivity index (χ3n) is 3.03. The van der Waals surface area contributed by atoms with Crippen molar-refractivity contribution in [3.05, 3.63) is 22.1 Å². The lowest BCUT2D eigenvalue weighted by atomic mass is 9.95. The van der Waals surface area contributed by atoms with E-state index in [0.717, 1.165) is 37.0 Å². The Labute approximate surface area is 104 Å². The summed E-state index contributed by atoms with van der Waals surface area (Å²) in [5.74, 6) is -1.04. The highest BCUT2D eigenvalue weighted by molar-refractivity contribution is 7.12. The maximum Gasteiger partial charge on any atom is 0.351 e. The van der Waals surface area contributed by atoms with Crippen molar-refractivity contribution in [3.63, 3.8) is 0 Å². The fourth-order valence-electron chi connectivity index (χ4n) is 2.03. The molecule has 1 aromatic heterocycles. The quantitative estimate of drug-likeness (QED) is 0.782. The van der Waals surface area contributed by atoms with Crippen LogP contribution in [0.2, 0.25) is 0 Å². The standard InChI is InChI=1S/C12H15FO3S/c1-15-8-2-4-9(5-3-8)16-12(14)11-10(13)6-7-17-11/h6-9H,2-5H2,1H3. The summed E-state index contributed by atoms with van der Waals surface area (Å²) in [4.78, 5) is 11.7. The highest BCUT2D eigenvalue weighted by Crippen LogP contribution is 2.25. The normalized spacial score (nSPS) is 24.6. The van der Waals surface area contributed by atoms with Crippen LogP contribution in [0.3, 0.4) is 0 Å². The molecule has 17 heavy (non-hydrogen) atoms. The molecule has 0 bridgehead atoms. The van der Waals surface area contributed by atoms with E-state index in [-0.39, 0.29) is 17.1 Å². The summed E-state index contributed by atoms with van der Waals surface area (Å²) in [5.41, 5.74) is 0. The molecule has 0 N–H and O–H groups in total. The maximum atomic E-state index is 13.2. The van der Waals surface area contributed by atoms with E-state index >= 15 is 0 Å². The number of esters is 1. The molecule has 0 unspecified atom stereocenters. The molecule has 1 fully saturated rings. The Morgan fingerprint density at radius 3 is 2.53 bits per heavy atom. The topological polar surface area (TPSA) is 35.5 Å². The molecular weight excluding hydrogens is 243 g/mol. The molecule has 0 saturated heterocycles. The molecule has 1 heterocycles. The van der Waals surface area contributed by atoms with Gasteiger partial charge in [-0.2, -0.15) is 0 Å². The van der Waals surface area contributed by atoms with Crippen molar-refractivity contribution in [1.29, 1.82) is 0 Å². The van der Waals surface area contributed by atoms with Gasteiger partial charge in [-0.05, 0) is 37.1 Å². The molecule has 0 aliphatic heterocycles. The average Bonchev–Trinajstić information content (AvgIpc) is 2.76. The number of thiophene rings is 1. The van der Waals surface area contributed by atoms with Crippen LogP contribution in [0.15, 0.2) is 11.4 Å². The number of carbonyl (C=O) groups is 1. The summed E-state index contributed by atoms with van der Waals surface area (Å²) >= 11 is 1.08. The molecule has 0 radical (unpaired) electrons. The number of ether oxygens (including phenoxy) is 2. The van der Waals surface area contributed by atoms with Gasteiger partial charge in [0.2, 0.25) is 0 Å². The van der Waals surface area contributed by atoms with E-state index in [2.05, 4.69) is 0 Å². The molecule has 0 spiro atoms. The first-order valence-electron chi connectivity index (χ1n) is 5.67. The first-order chi connectivity index (χ1) is 8.20. The van der Waals surface area contributed by atoms with E-state index < -0.39 is 11.8 Å². The van der Waals surface area contributed by atoms with E-state index in [0.29, 0.717) is 0 Å². The van der Waals surface area contributed by atoms with E-state index in [9.17, 15) is 9.18 Å². The van der Waals surface area contributed by atoms with Crippen LogP contribution in [-0.4, -0.2) is 25.3 Å². The third kappa shape index (κ3) is 3.04. The summed E-state index contributed by atoms with van der Waals surface area (Å²) < 4.78 is 23.7. The summed E-state index contributed by atoms with van der Waals surface area (Å²) in [5, 5.41) is 1.55. The minimum absolute atomic E-state index is 0.0684. The second-order valence-electron chi connectivity index (χ2n) is 4.14. The Balaban J connectivity index is 1.86. The number of rotatable bonds is 3. The van der Waals surface area contributed by atoms with E-state index in [1.165, 1.54) is 6.07 Å². The SMILES string of the molecule is COC1CCC(OC(=O)c2sccc2F)CC1. The lowest BCUT2D eigenvalue weighted by Gasteiger charge is -2.27. The molecule has 1 aliphatic rings. The van der Waals surface area contributed by atoms with Crippen LogP contribution < -0.4 is 0 Å². The number of carbonyl (C=O) groups excluding carboxylic acids is 1. The number of hydrogen-bond donors (Lipinski definition) is 0. The molecule has 2 rings (SSSR count). The Hall–Kier alpha value is -0.940. The van der Waals surface area contributed by atoms with E-state index in [4.69, 9.17) is 9.47 Å². The van der Waals surface area contributed by atoms with Gasteiger partial charge in [0.15, 0.2) is 0 Å².